The molecule has 0 aliphatic carbocycles. The van der Waals surface area contributed by atoms with Crippen LogP contribution in [0.15, 0.2) is 18.2 Å². The fourth-order valence-electron chi connectivity index (χ4n) is 1.75. The highest BCUT2D eigenvalue weighted by molar-refractivity contribution is 7.99. The second-order valence-corrected chi connectivity index (χ2v) is 5.43. The van der Waals surface area contributed by atoms with Crippen molar-refractivity contribution in [3.8, 4) is 0 Å². The number of alkyl halides is 1. The van der Waals surface area contributed by atoms with Crippen molar-refractivity contribution in [2.45, 2.75) is 5.88 Å². The van der Waals surface area contributed by atoms with E-state index >= 15 is 0 Å². The van der Waals surface area contributed by atoms with Gasteiger partial charge < -0.3 is 4.90 Å². The van der Waals surface area contributed by atoms with Crippen molar-refractivity contribution in [1.82, 2.24) is 0 Å². The highest BCUT2D eigenvalue weighted by atomic mass is 35.5. The Morgan fingerprint density at radius 1 is 1.27 bits per heavy atom. The molecule has 82 valence electrons. The molecule has 1 nitrogen and oxygen atoms in total. The molecule has 0 amide bonds. The van der Waals surface area contributed by atoms with Crippen LogP contribution in [0.1, 0.15) is 5.56 Å². The van der Waals surface area contributed by atoms with E-state index in [1.807, 2.05) is 30.0 Å². The third-order valence-corrected chi connectivity index (χ3v) is 4.01. The van der Waals surface area contributed by atoms with E-state index in [0.29, 0.717) is 5.88 Å². The Hall–Kier alpha value is -0.0500. The van der Waals surface area contributed by atoms with Gasteiger partial charge in [-0.3, -0.25) is 0 Å². The summed E-state index contributed by atoms with van der Waals surface area (Å²) < 4.78 is 0. The lowest BCUT2D eigenvalue weighted by atomic mass is 10.2. The van der Waals surface area contributed by atoms with E-state index in [0.717, 1.165) is 18.1 Å². The van der Waals surface area contributed by atoms with Crippen molar-refractivity contribution in [3.63, 3.8) is 0 Å². The molecule has 0 N–H and O–H groups in total. The Balaban J connectivity index is 2.27. The molecule has 1 saturated heterocycles. The molecule has 1 aromatic carbocycles. The lowest BCUT2D eigenvalue weighted by Crippen LogP contribution is -2.33. The maximum atomic E-state index is 6.02. The minimum atomic E-state index is 0.552. The monoisotopic (exact) mass is 261 g/mol. The average Bonchev–Trinajstić information content (AvgIpc) is 2.30. The number of rotatable bonds is 2. The van der Waals surface area contributed by atoms with Crippen LogP contribution in [0.2, 0.25) is 5.02 Å². The van der Waals surface area contributed by atoms with Crippen LogP contribution in [-0.2, 0) is 5.88 Å². The van der Waals surface area contributed by atoms with Crippen LogP contribution in [-0.4, -0.2) is 24.6 Å². The number of halogens is 2. The molecule has 0 saturated carbocycles. The Morgan fingerprint density at radius 2 is 2.00 bits per heavy atom. The van der Waals surface area contributed by atoms with Gasteiger partial charge >= 0.3 is 0 Å². The summed E-state index contributed by atoms with van der Waals surface area (Å²) >= 11 is 14.0. The molecule has 0 radical (unpaired) electrons. The lowest BCUT2D eigenvalue weighted by molar-refractivity contribution is 0.853. The molecule has 1 aliphatic rings. The van der Waals surface area contributed by atoms with Crippen molar-refractivity contribution in [2.24, 2.45) is 0 Å². The maximum Gasteiger partial charge on any atom is 0.0494 e. The molecule has 1 aliphatic heterocycles. The molecule has 1 fully saturated rings. The second-order valence-electron chi connectivity index (χ2n) is 3.51. The lowest BCUT2D eigenvalue weighted by Gasteiger charge is -2.30. The first kappa shape index (κ1) is 11.4. The van der Waals surface area contributed by atoms with E-state index in [-0.39, 0.29) is 0 Å². The minimum absolute atomic E-state index is 0.552. The van der Waals surface area contributed by atoms with Gasteiger partial charge in [0.1, 0.15) is 0 Å². The zero-order valence-electron chi connectivity index (χ0n) is 8.38. The zero-order chi connectivity index (χ0) is 10.7. The molecular formula is C11H13Cl2NS. The van der Waals surface area contributed by atoms with Crippen LogP contribution >= 0.6 is 35.0 Å². The Bertz CT molecular complexity index is 337. The molecule has 0 bridgehead atoms. The topological polar surface area (TPSA) is 3.24 Å². The summed E-state index contributed by atoms with van der Waals surface area (Å²) in [4.78, 5) is 2.38. The number of thioether (sulfide) groups is 1. The summed E-state index contributed by atoms with van der Waals surface area (Å²) in [6, 6.07) is 5.95. The highest BCUT2D eigenvalue weighted by Crippen LogP contribution is 2.28. The average molecular weight is 262 g/mol. The summed E-state index contributed by atoms with van der Waals surface area (Å²) in [6.07, 6.45) is 0. The highest BCUT2D eigenvalue weighted by Gasteiger charge is 2.14. The summed E-state index contributed by atoms with van der Waals surface area (Å²) in [6.45, 7) is 2.18. The van der Waals surface area contributed by atoms with Crippen molar-refractivity contribution in [2.75, 3.05) is 29.5 Å². The van der Waals surface area contributed by atoms with Gasteiger partial charge in [-0.15, -0.1) is 11.6 Å². The van der Waals surface area contributed by atoms with Crippen molar-refractivity contribution in [1.29, 1.82) is 0 Å². The number of benzene rings is 1. The van der Waals surface area contributed by atoms with E-state index in [9.17, 15) is 0 Å². The molecule has 0 unspecified atom stereocenters. The molecule has 2 rings (SSSR count). The SMILES string of the molecule is ClCc1ccc(Cl)cc1N1CCSCC1. The molecule has 1 heterocycles. The van der Waals surface area contributed by atoms with Crippen molar-refractivity contribution >= 4 is 40.7 Å². The van der Waals surface area contributed by atoms with Crippen LogP contribution in [0.25, 0.3) is 0 Å². The van der Waals surface area contributed by atoms with Crippen LogP contribution in [0, 0.1) is 0 Å². The first-order valence-corrected chi connectivity index (χ1v) is 7.05. The van der Waals surface area contributed by atoms with E-state index in [1.165, 1.54) is 22.8 Å². The first-order valence-electron chi connectivity index (χ1n) is 4.98. The largest absolute Gasteiger partial charge is 0.370 e. The summed E-state index contributed by atoms with van der Waals surface area (Å²) in [5.74, 6) is 2.93. The van der Waals surface area contributed by atoms with E-state index in [4.69, 9.17) is 23.2 Å². The first-order chi connectivity index (χ1) is 7.31. The van der Waals surface area contributed by atoms with Gasteiger partial charge in [-0.05, 0) is 17.7 Å². The van der Waals surface area contributed by atoms with Crippen molar-refractivity contribution < 1.29 is 0 Å². The molecule has 0 aromatic heterocycles. The third-order valence-electron chi connectivity index (χ3n) is 2.54. The van der Waals surface area contributed by atoms with Crippen LogP contribution in [0.3, 0.4) is 0 Å². The molecule has 15 heavy (non-hydrogen) atoms. The molecule has 1 aromatic rings. The second kappa shape index (κ2) is 5.33. The summed E-state index contributed by atoms with van der Waals surface area (Å²) in [5, 5.41) is 0.789. The van der Waals surface area contributed by atoms with Gasteiger partial charge in [0.05, 0.1) is 0 Å². The Labute approximate surface area is 105 Å². The predicted molar refractivity (Wildman–Crippen MR) is 70.5 cm³/mol. The van der Waals surface area contributed by atoms with Crippen LogP contribution in [0.4, 0.5) is 5.69 Å². The smallest absolute Gasteiger partial charge is 0.0494 e. The van der Waals surface area contributed by atoms with E-state index < -0.39 is 0 Å². The van der Waals surface area contributed by atoms with Gasteiger partial charge in [0.15, 0.2) is 0 Å². The number of hydrogen-bond donors (Lipinski definition) is 0. The van der Waals surface area contributed by atoms with Gasteiger partial charge in [0.25, 0.3) is 0 Å². The van der Waals surface area contributed by atoms with Gasteiger partial charge in [0.2, 0.25) is 0 Å². The normalized spacial score (nSPS) is 16.8. The zero-order valence-corrected chi connectivity index (χ0v) is 10.7. The summed E-state index contributed by atoms with van der Waals surface area (Å²) in [7, 11) is 0. The Morgan fingerprint density at radius 3 is 2.67 bits per heavy atom. The molecular weight excluding hydrogens is 249 g/mol. The van der Waals surface area contributed by atoms with Crippen LogP contribution < -0.4 is 4.90 Å². The maximum absolute atomic E-state index is 6.02. The number of anilines is 1. The number of hydrogen-bond acceptors (Lipinski definition) is 2. The fourth-order valence-corrected chi connectivity index (χ4v) is 3.04. The molecule has 0 spiro atoms. The van der Waals surface area contributed by atoms with Gasteiger partial charge in [0, 0.05) is 41.2 Å². The van der Waals surface area contributed by atoms with E-state index in [1.54, 1.807) is 0 Å². The van der Waals surface area contributed by atoms with Crippen LogP contribution in [0.5, 0.6) is 0 Å². The van der Waals surface area contributed by atoms with E-state index in [2.05, 4.69) is 4.90 Å². The molecule has 0 atom stereocenters. The number of nitrogens with zero attached hydrogens (tertiary/aromatic N) is 1. The van der Waals surface area contributed by atoms with Crippen molar-refractivity contribution in [3.05, 3.63) is 28.8 Å². The minimum Gasteiger partial charge on any atom is -0.370 e. The standard InChI is InChI=1S/C11H13Cl2NS/c12-8-9-1-2-10(13)7-11(9)14-3-5-15-6-4-14/h1-2,7H,3-6,8H2. The Kier molecular flexibility index (Phi) is 4.06. The third kappa shape index (κ3) is 2.74. The summed E-state index contributed by atoms with van der Waals surface area (Å²) in [5.41, 5.74) is 2.38. The quantitative estimate of drug-likeness (QED) is 0.749. The van der Waals surface area contributed by atoms with Gasteiger partial charge in [-0.25, -0.2) is 0 Å². The molecule has 4 heteroatoms. The predicted octanol–water partition coefficient (Wildman–Crippen LogP) is 3.63. The van der Waals surface area contributed by atoms with Gasteiger partial charge in [-0.2, -0.15) is 11.8 Å². The fraction of sp³-hybridized carbons (Fsp3) is 0.455. The van der Waals surface area contributed by atoms with Gasteiger partial charge in [-0.1, -0.05) is 17.7 Å².